The number of hydrogen-bond acceptors (Lipinski definition) is 5. The first-order valence-electron chi connectivity index (χ1n) is 19.1. The molecule has 262 valence electrons. The number of ether oxygens (including phenoxy) is 2. The normalized spacial score (nSPS) is 20.3. The third kappa shape index (κ3) is 8.12. The SMILES string of the molecule is CCC(C)C(C=NCC(CCN1CCOCC1)(c1ccc2ccccc2c1)C(C)CC)(CCN1CCOCC1)c1ccc2ccccc2c1. The van der Waals surface area contributed by atoms with Gasteiger partial charge in [0.05, 0.1) is 26.4 Å². The minimum atomic E-state index is -0.175. The topological polar surface area (TPSA) is 37.3 Å². The number of fused-ring (bicyclic) bond motifs is 2. The minimum absolute atomic E-state index is 0.0810. The van der Waals surface area contributed by atoms with Gasteiger partial charge < -0.3 is 9.47 Å². The summed E-state index contributed by atoms with van der Waals surface area (Å²) in [5.41, 5.74) is 2.57. The quantitative estimate of drug-likeness (QED) is 0.119. The highest BCUT2D eigenvalue weighted by atomic mass is 16.5. The molecule has 4 atom stereocenters. The first-order chi connectivity index (χ1) is 24.0. The first kappa shape index (κ1) is 35.7. The molecule has 2 aliphatic rings. The van der Waals surface area contributed by atoms with Gasteiger partial charge in [-0.2, -0.15) is 0 Å². The van der Waals surface area contributed by atoms with Gasteiger partial charge in [0.25, 0.3) is 0 Å². The lowest BCUT2D eigenvalue weighted by molar-refractivity contribution is 0.0326. The average molecular weight is 662 g/mol. The Kier molecular flexibility index (Phi) is 12.2. The Labute approximate surface area is 295 Å². The molecule has 0 radical (unpaired) electrons. The highest BCUT2D eigenvalue weighted by Crippen LogP contribution is 2.42. The summed E-state index contributed by atoms with van der Waals surface area (Å²) in [7, 11) is 0. The zero-order valence-electron chi connectivity index (χ0n) is 30.6. The average Bonchev–Trinajstić information content (AvgIpc) is 3.17. The molecule has 0 amide bonds. The fourth-order valence-corrected chi connectivity index (χ4v) is 8.40. The van der Waals surface area contributed by atoms with E-state index in [1.54, 1.807) is 0 Å². The molecule has 4 unspecified atom stereocenters. The van der Waals surface area contributed by atoms with Crippen LogP contribution in [-0.2, 0) is 20.3 Å². The molecular weight excluding hydrogens is 603 g/mol. The molecule has 0 aromatic heterocycles. The predicted octanol–water partition coefficient (Wildman–Crippen LogP) is 8.78. The Balaban J connectivity index is 1.42. The lowest BCUT2D eigenvalue weighted by Gasteiger charge is -2.42. The molecule has 2 fully saturated rings. The molecule has 0 aliphatic carbocycles. The molecule has 2 heterocycles. The Morgan fingerprint density at radius 2 is 1.12 bits per heavy atom. The maximum absolute atomic E-state index is 5.73. The third-order valence-electron chi connectivity index (χ3n) is 12.3. The van der Waals surface area contributed by atoms with Crippen molar-refractivity contribution in [3.63, 3.8) is 0 Å². The number of benzene rings is 4. The molecule has 49 heavy (non-hydrogen) atoms. The number of aliphatic imine (C=N–C) groups is 1. The van der Waals surface area contributed by atoms with Crippen molar-refractivity contribution in [2.45, 2.75) is 64.2 Å². The summed E-state index contributed by atoms with van der Waals surface area (Å²) in [4.78, 5) is 10.9. The molecule has 0 bridgehead atoms. The van der Waals surface area contributed by atoms with E-state index in [0.717, 1.165) is 97.9 Å². The van der Waals surface area contributed by atoms with Gasteiger partial charge in [-0.1, -0.05) is 125 Å². The maximum Gasteiger partial charge on any atom is 0.0594 e. The highest BCUT2D eigenvalue weighted by Gasteiger charge is 2.40. The monoisotopic (exact) mass is 661 g/mol. The van der Waals surface area contributed by atoms with Gasteiger partial charge >= 0.3 is 0 Å². The van der Waals surface area contributed by atoms with Gasteiger partial charge in [0.15, 0.2) is 0 Å². The van der Waals surface area contributed by atoms with Crippen LogP contribution in [0.2, 0.25) is 0 Å². The van der Waals surface area contributed by atoms with Crippen molar-refractivity contribution in [3.05, 3.63) is 96.1 Å². The summed E-state index contributed by atoms with van der Waals surface area (Å²) in [6, 6.07) is 32.0. The van der Waals surface area contributed by atoms with E-state index >= 15 is 0 Å². The van der Waals surface area contributed by atoms with Gasteiger partial charge in [-0.3, -0.25) is 14.8 Å². The third-order valence-corrected chi connectivity index (χ3v) is 12.3. The van der Waals surface area contributed by atoms with Crippen LogP contribution in [0.5, 0.6) is 0 Å². The number of nitrogens with zero attached hydrogens (tertiary/aromatic N) is 3. The summed E-state index contributed by atoms with van der Waals surface area (Å²) >= 11 is 0. The van der Waals surface area contributed by atoms with E-state index in [4.69, 9.17) is 14.5 Å². The molecule has 0 saturated carbocycles. The largest absolute Gasteiger partial charge is 0.379 e. The van der Waals surface area contributed by atoms with Crippen molar-refractivity contribution in [2.75, 3.05) is 72.2 Å². The summed E-state index contributed by atoms with van der Waals surface area (Å²) in [6.45, 7) is 19.9. The lowest BCUT2D eigenvalue weighted by atomic mass is 9.66. The molecule has 4 aromatic carbocycles. The number of morpholine rings is 2. The van der Waals surface area contributed by atoms with E-state index in [1.165, 1.54) is 32.7 Å². The van der Waals surface area contributed by atoms with Gasteiger partial charge in [0, 0.05) is 49.8 Å². The van der Waals surface area contributed by atoms with Crippen molar-refractivity contribution in [3.8, 4) is 0 Å². The maximum atomic E-state index is 5.73. The second-order valence-corrected chi connectivity index (χ2v) is 14.8. The lowest BCUT2D eigenvalue weighted by Crippen LogP contribution is -2.45. The second-order valence-electron chi connectivity index (χ2n) is 14.8. The van der Waals surface area contributed by atoms with E-state index in [9.17, 15) is 0 Å². The first-order valence-corrected chi connectivity index (χ1v) is 19.1. The Morgan fingerprint density at radius 3 is 1.67 bits per heavy atom. The zero-order chi connectivity index (χ0) is 34.1. The van der Waals surface area contributed by atoms with Crippen LogP contribution in [0.1, 0.15) is 64.5 Å². The van der Waals surface area contributed by atoms with Crippen LogP contribution in [0.4, 0.5) is 0 Å². The Morgan fingerprint density at radius 1 is 0.633 bits per heavy atom. The molecule has 4 aromatic rings. The Hall–Kier alpha value is -3.09. The van der Waals surface area contributed by atoms with Gasteiger partial charge in [-0.05, 0) is 70.4 Å². The van der Waals surface area contributed by atoms with Crippen LogP contribution < -0.4 is 0 Å². The van der Waals surface area contributed by atoms with E-state index in [1.807, 2.05) is 0 Å². The summed E-state index contributed by atoms with van der Waals surface area (Å²) < 4.78 is 11.5. The summed E-state index contributed by atoms with van der Waals surface area (Å²) in [6.07, 6.45) is 6.77. The van der Waals surface area contributed by atoms with Gasteiger partial charge in [0.1, 0.15) is 0 Å². The fraction of sp³-hybridized carbons (Fsp3) is 0.523. The van der Waals surface area contributed by atoms with Crippen LogP contribution in [0.3, 0.4) is 0 Å². The van der Waals surface area contributed by atoms with Gasteiger partial charge in [0.2, 0.25) is 0 Å². The van der Waals surface area contributed by atoms with Crippen molar-refractivity contribution < 1.29 is 9.47 Å². The van der Waals surface area contributed by atoms with Gasteiger partial charge in [-0.15, -0.1) is 0 Å². The van der Waals surface area contributed by atoms with Crippen molar-refractivity contribution >= 4 is 27.8 Å². The minimum Gasteiger partial charge on any atom is -0.379 e. The second kappa shape index (κ2) is 16.7. The highest BCUT2D eigenvalue weighted by molar-refractivity contribution is 5.86. The van der Waals surface area contributed by atoms with Crippen LogP contribution in [0.25, 0.3) is 21.5 Å². The van der Waals surface area contributed by atoms with Crippen LogP contribution >= 0.6 is 0 Å². The molecule has 5 nitrogen and oxygen atoms in total. The zero-order valence-corrected chi connectivity index (χ0v) is 30.6. The number of rotatable bonds is 15. The smallest absolute Gasteiger partial charge is 0.0594 e. The summed E-state index contributed by atoms with van der Waals surface area (Å²) in [5, 5.41) is 5.22. The van der Waals surface area contributed by atoms with Crippen molar-refractivity contribution in [2.24, 2.45) is 16.8 Å². The van der Waals surface area contributed by atoms with E-state index in [2.05, 4.69) is 129 Å². The standard InChI is InChI=1S/C44H59N3O2/c1-5-35(3)43(19-21-46-23-27-48-28-24-46,41-17-15-37-11-7-9-13-39(37)31-41)33-45-34-44(36(4)6-2,20-22-47-25-29-49-30-26-47)42-18-16-38-12-8-10-14-40(38)32-42/h7-18,31-33,35-36H,5-6,19-30,34H2,1-4H3. The molecule has 6 rings (SSSR count). The van der Waals surface area contributed by atoms with E-state index in [0.29, 0.717) is 11.8 Å². The Bertz CT molecular complexity index is 1660. The molecular formula is C44H59N3O2. The molecule has 2 saturated heterocycles. The van der Waals surface area contributed by atoms with Crippen molar-refractivity contribution in [1.29, 1.82) is 0 Å². The fourth-order valence-electron chi connectivity index (χ4n) is 8.40. The van der Waals surface area contributed by atoms with Crippen LogP contribution in [-0.4, -0.2) is 88.3 Å². The molecule has 5 heteroatoms. The number of hydrogen-bond donors (Lipinski definition) is 0. The van der Waals surface area contributed by atoms with Gasteiger partial charge in [-0.25, -0.2) is 0 Å². The molecule has 0 N–H and O–H groups in total. The van der Waals surface area contributed by atoms with Crippen LogP contribution in [0, 0.1) is 11.8 Å². The van der Waals surface area contributed by atoms with E-state index in [-0.39, 0.29) is 10.8 Å². The van der Waals surface area contributed by atoms with Crippen molar-refractivity contribution in [1.82, 2.24) is 9.80 Å². The van der Waals surface area contributed by atoms with E-state index < -0.39 is 0 Å². The molecule has 0 spiro atoms. The molecule has 2 aliphatic heterocycles. The van der Waals surface area contributed by atoms with Crippen LogP contribution in [0.15, 0.2) is 89.9 Å². The summed E-state index contributed by atoms with van der Waals surface area (Å²) in [5.74, 6) is 0.907. The predicted molar refractivity (Wildman–Crippen MR) is 207 cm³/mol.